The third-order valence-electron chi connectivity index (χ3n) is 3.03. The second-order valence-corrected chi connectivity index (χ2v) is 5.80. The Kier molecular flexibility index (Phi) is 6.08. The number of carbonyl (C=O) groups is 3. The zero-order valence-electron chi connectivity index (χ0n) is 12.8. The van der Waals surface area contributed by atoms with Gasteiger partial charge in [0.15, 0.2) is 12.4 Å². The van der Waals surface area contributed by atoms with Gasteiger partial charge in [-0.3, -0.25) is 25.2 Å². The van der Waals surface area contributed by atoms with E-state index in [9.17, 15) is 14.4 Å². The van der Waals surface area contributed by atoms with Crippen LogP contribution in [0.3, 0.4) is 0 Å². The van der Waals surface area contributed by atoms with Crippen LogP contribution in [0.5, 0.6) is 5.75 Å². The van der Waals surface area contributed by atoms with Crippen molar-refractivity contribution in [3.63, 3.8) is 0 Å². The predicted octanol–water partition coefficient (Wildman–Crippen LogP) is 2.49. The number of carbonyl (C=O) groups excluding carboxylic acids is 3. The molecule has 0 bridgehead atoms. The number of rotatable bonds is 5. The molecule has 0 saturated carbocycles. The van der Waals surface area contributed by atoms with Crippen molar-refractivity contribution in [2.75, 3.05) is 6.61 Å². The number of hydrogen-bond donors (Lipinski definition) is 2. The number of ether oxygens (including phenoxy) is 1. The summed E-state index contributed by atoms with van der Waals surface area (Å²) in [6.45, 7) is 1.16. The minimum absolute atomic E-state index is 0.0911. The van der Waals surface area contributed by atoms with Crippen molar-refractivity contribution in [1.29, 1.82) is 0 Å². The van der Waals surface area contributed by atoms with Gasteiger partial charge in [0.05, 0.1) is 0 Å². The van der Waals surface area contributed by atoms with Gasteiger partial charge in [-0.2, -0.15) is 0 Å². The van der Waals surface area contributed by atoms with Crippen molar-refractivity contribution < 1.29 is 19.1 Å². The Morgan fingerprint density at radius 1 is 1.00 bits per heavy atom. The smallest absolute Gasteiger partial charge is 0.276 e. The number of nitrogens with one attached hydrogen (secondary N) is 2. The summed E-state index contributed by atoms with van der Waals surface area (Å²) in [5.41, 5.74) is 5.46. The lowest BCUT2D eigenvalue weighted by Gasteiger charge is -2.09. The Labute approximate surface area is 147 Å². The standard InChI is InChI=1S/C17H15BrN2O4/c1-11(21)13-3-2-4-15(9-13)24-10-16(22)19-20-17(23)12-5-7-14(18)8-6-12/h2-9H,10H2,1H3,(H,19,22)(H,20,23). The first kappa shape index (κ1) is 17.7. The highest BCUT2D eigenvalue weighted by molar-refractivity contribution is 9.10. The molecule has 0 heterocycles. The van der Waals surface area contributed by atoms with Gasteiger partial charge >= 0.3 is 0 Å². The molecule has 0 aliphatic carbocycles. The Morgan fingerprint density at radius 2 is 1.71 bits per heavy atom. The lowest BCUT2D eigenvalue weighted by atomic mass is 10.1. The minimum atomic E-state index is -0.520. The molecule has 6 nitrogen and oxygen atoms in total. The highest BCUT2D eigenvalue weighted by Gasteiger charge is 2.08. The van der Waals surface area contributed by atoms with Gasteiger partial charge in [0, 0.05) is 15.6 Å². The minimum Gasteiger partial charge on any atom is -0.484 e. The monoisotopic (exact) mass is 390 g/mol. The molecular formula is C17H15BrN2O4. The fraction of sp³-hybridized carbons (Fsp3) is 0.118. The van der Waals surface area contributed by atoms with Crippen LogP contribution in [0.15, 0.2) is 53.0 Å². The summed E-state index contributed by atoms with van der Waals surface area (Å²) >= 11 is 3.27. The number of ketones is 1. The van der Waals surface area contributed by atoms with Gasteiger partial charge < -0.3 is 4.74 Å². The van der Waals surface area contributed by atoms with E-state index in [1.807, 2.05) is 0 Å². The van der Waals surface area contributed by atoms with Gasteiger partial charge in [-0.05, 0) is 43.3 Å². The van der Waals surface area contributed by atoms with Gasteiger partial charge in [-0.1, -0.05) is 28.1 Å². The molecule has 2 rings (SSSR count). The highest BCUT2D eigenvalue weighted by Crippen LogP contribution is 2.13. The zero-order valence-corrected chi connectivity index (χ0v) is 14.4. The molecule has 0 fully saturated rings. The molecule has 0 radical (unpaired) electrons. The van der Waals surface area contributed by atoms with Crippen LogP contribution in [0.1, 0.15) is 27.6 Å². The molecule has 0 spiro atoms. The lowest BCUT2D eigenvalue weighted by Crippen LogP contribution is -2.43. The van der Waals surface area contributed by atoms with Crippen molar-refractivity contribution in [3.05, 3.63) is 64.1 Å². The summed E-state index contributed by atoms with van der Waals surface area (Å²) in [5, 5.41) is 0. The molecule has 2 aromatic carbocycles. The fourth-order valence-electron chi connectivity index (χ4n) is 1.79. The maximum atomic E-state index is 11.8. The van der Waals surface area contributed by atoms with Crippen LogP contribution in [0.2, 0.25) is 0 Å². The van der Waals surface area contributed by atoms with E-state index in [4.69, 9.17) is 4.74 Å². The molecular weight excluding hydrogens is 376 g/mol. The van der Waals surface area contributed by atoms with Crippen molar-refractivity contribution >= 4 is 33.5 Å². The average molecular weight is 391 g/mol. The quantitative estimate of drug-likeness (QED) is 0.606. The highest BCUT2D eigenvalue weighted by atomic mass is 79.9. The summed E-state index contributed by atoms with van der Waals surface area (Å²) in [5.74, 6) is -0.646. The van der Waals surface area contributed by atoms with Gasteiger partial charge in [-0.15, -0.1) is 0 Å². The third kappa shape index (κ3) is 5.20. The van der Waals surface area contributed by atoms with Gasteiger partial charge in [0.2, 0.25) is 0 Å². The van der Waals surface area contributed by atoms with Gasteiger partial charge in [-0.25, -0.2) is 0 Å². The SMILES string of the molecule is CC(=O)c1cccc(OCC(=O)NNC(=O)c2ccc(Br)cc2)c1. The van der Waals surface area contributed by atoms with E-state index in [1.165, 1.54) is 6.92 Å². The normalized spacial score (nSPS) is 9.92. The summed E-state index contributed by atoms with van der Waals surface area (Å²) in [6, 6.07) is 13.2. The molecule has 0 aromatic heterocycles. The largest absolute Gasteiger partial charge is 0.484 e. The first-order valence-electron chi connectivity index (χ1n) is 7.04. The lowest BCUT2D eigenvalue weighted by molar-refractivity contribution is -0.123. The molecule has 0 aliphatic heterocycles. The Bertz CT molecular complexity index is 759. The zero-order chi connectivity index (χ0) is 17.5. The van der Waals surface area contributed by atoms with Crippen molar-refractivity contribution in [3.8, 4) is 5.75 Å². The van der Waals surface area contributed by atoms with Gasteiger partial charge in [0.25, 0.3) is 11.8 Å². The van der Waals surface area contributed by atoms with Crippen LogP contribution < -0.4 is 15.6 Å². The number of hydrogen-bond acceptors (Lipinski definition) is 4. The van der Waals surface area contributed by atoms with Crippen LogP contribution in [0.25, 0.3) is 0 Å². The number of benzene rings is 2. The summed E-state index contributed by atoms with van der Waals surface area (Å²) in [6.07, 6.45) is 0. The van der Waals surface area contributed by atoms with Crippen molar-refractivity contribution in [2.24, 2.45) is 0 Å². The first-order valence-corrected chi connectivity index (χ1v) is 7.83. The average Bonchev–Trinajstić information content (AvgIpc) is 2.58. The van der Waals surface area contributed by atoms with Crippen LogP contribution in [0, 0.1) is 0 Å². The third-order valence-corrected chi connectivity index (χ3v) is 3.56. The van der Waals surface area contributed by atoms with Gasteiger partial charge in [0.1, 0.15) is 5.75 Å². The Morgan fingerprint density at radius 3 is 2.38 bits per heavy atom. The predicted molar refractivity (Wildman–Crippen MR) is 91.7 cm³/mol. The van der Waals surface area contributed by atoms with Crippen LogP contribution in [-0.4, -0.2) is 24.2 Å². The van der Waals surface area contributed by atoms with E-state index in [0.717, 1.165) is 4.47 Å². The molecule has 0 aliphatic rings. The van der Waals surface area contributed by atoms with E-state index in [1.54, 1.807) is 48.5 Å². The second kappa shape index (κ2) is 8.26. The Hall–Kier alpha value is -2.67. The van der Waals surface area contributed by atoms with Crippen LogP contribution in [0.4, 0.5) is 0 Å². The molecule has 124 valence electrons. The molecule has 0 saturated heterocycles. The molecule has 2 N–H and O–H groups in total. The van der Waals surface area contributed by atoms with Crippen LogP contribution >= 0.6 is 15.9 Å². The summed E-state index contributed by atoms with van der Waals surface area (Å²) < 4.78 is 6.14. The summed E-state index contributed by atoms with van der Waals surface area (Å²) in [7, 11) is 0. The van der Waals surface area contributed by atoms with Crippen molar-refractivity contribution in [2.45, 2.75) is 6.92 Å². The van der Waals surface area contributed by atoms with Crippen molar-refractivity contribution in [1.82, 2.24) is 10.9 Å². The molecule has 2 amide bonds. The maximum Gasteiger partial charge on any atom is 0.276 e. The second-order valence-electron chi connectivity index (χ2n) is 4.88. The first-order chi connectivity index (χ1) is 11.5. The number of amides is 2. The topological polar surface area (TPSA) is 84.5 Å². The Balaban J connectivity index is 1.81. The van der Waals surface area contributed by atoms with E-state index < -0.39 is 11.8 Å². The van der Waals surface area contributed by atoms with Crippen LogP contribution in [-0.2, 0) is 4.79 Å². The number of Topliss-reactive ketones (excluding diaryl/α,β-unsaturated/α-hetero) is 1. The number of halogens is 1. The van der Waals surface area contributed by atoms with E-state index in [2.05, 4.69) is 26.8 Å². The van der Waals surface area contributed by atoms with E-state index >= 15 is 0 Å². The molecule has 24 heavy (non-hydrogen) atoms. The summed E-state index contributed by atoms with van der Waals surface area (Å²) in [4.78, 5) is 34.8. The fourth-order valence-corrected chi connectivity index (χ4v) is 2.05. The molecule has 7 heteroatoms. The van der Waals surface area contributed by atoms with E-state index in [0.29, 0.717) is 16.9 Å². The maximum absolute atomic E-state index is 11.8. The number of hydrazine groups is 1. The molecule has 2 aromatic rings. The van der Waals surface area contributed by atoms with E-state index in [-0.39, 0.29) is 12.4 Å². The molecule has 0 atom stereocenters. The molecule has 0 unspecified atom stereocenters.